The molecule has 2 unspecified atom stereocenters. The quantitative estimate of drug-likeness (QED) is 0.493. The van der Waals surface area contributed by atoms with Crippen LogP contribution in [0.25, 0.3) is 0 Å². The zero-order valence-electron chi connectivity index (χ0n) is 8.29. The number of hydrogen-bond donors (Lipinski definition) is 0. The lowest BCUT2D eigenvalue weighted by atomic mass is 10.0. The van der Waals surface area contributed by atoms with Crippen molar-refractivity contribution in [1.29, 1.82) is 0 Å². The number of esters is 1. The Balaban J connectivity index is 2.38. The molecule has 0 aromatic rings. The Morgan fingerprint density at radius 2 is 2.38 bits per heavy atom. The fourth-order valence-electron chi connectivity index (χ4n) is 2.06. The maximum absolute atomic E-state index is 11.0. The van der Waals surface area contributed by atoms with E-state index in [2.05, 4.69) is 13.5 Å². The molecule has 2 atom stereocenters. The monoisotopic (exact) mass is 182 g/mol. The Labute approximate surface area is 80.0 Å². The first kappa shape index (κ1) is 10.3. The summed E-state index contributed by atoms with van der Waals surface area (Å²) < 4.78 is 5.27. The minimum absolute atomic E-state index is 0.158. The van der Waals surface area contributed by atoms with E-state index in [1.54, 1.807) is 0 Å². The van der Waals surface area contributed by atoms with Crippen LogP contribution in [0.15, 0.2) is 12.7 Å². The summed E-state index contributed by atoms with van der Waals surface area (Å²) in [6, 6.07) is 0. The van der Waals surface area contributed by atoms with E-state index in [9.17, 15) is 4.79 Å². The van der Waals surface area contributed by atoms with Crippen LogP contribution in [0.5, 0.6) is 0 Å². The van der Waals surface area contributed by atoms with Gasteiger partial charge in [0.2, 0.25) is 0 Å². The van der Waals surface area contributed by atoms with E-state index in [4.69, 9.17) is 4.74 Å². The van der Waals surface area contributed by atoms with Crippen molar-refractivity contribution in [1.82, 2.24) is 0 Å². The smallest absolute Gasteiger partial charge is 0.330 e. The summed E-state index contributed by atoms with van der Waals surface area (Å²) in [7, 11) is 0. The molecule has 0 aliphatic heterocycles. The predicted octanol–water partition coefficient (Wildman–Crippen LogP) is 2.68. The van der Waals surface area contributed by atoms with E-state index in [-0.39, 0.29) is 12.1 Å². The highest BCUT2D eigenvalue weighted by Crippen LogP contribution is 2.31. The Bertz CT molecular complexity index is 187. The summed E-state index contributed by atoms with van der Waals surface area (Å²) >= 11 is 0. The van der Waals surface area contributed by atoms with E-state index in [0.717, 1.165) is 6.42 Å². The molecule has 1 aliphatic carbocycles. The van der Waals surface area contributed by atoms with E-state index >= 15 is 0 Å². The van der Waals surface area contributed by atoms with Crippen LogP contribution in [-0.2, 0) is 9.53 Å². The van der Waals surface area contributed by atoms with Crippen LogP contribution in [-0.4, -0.2) is 12.1 Å². The number of rotatable bonds is 4. The van der Waals surface area contributed by atoms with Crippen molar-refractivity contribution in [3.05, 3.63) is 12.7 Å². The molecule has 0 aromatic heterocycles. The largest absolute Gasteiger partial charge is 0.459 e. The summed E-state index contributed by atoms with van der Waals surface area (Å²) in [5.74, 6) is 0.321. The third-order valence-electron chi connectivity index (χ3n) is 2.68. The van der Waals surface area contributed by atoms with Crippen LogP contribution < -0.4 is 0 Å². The highest BCUT2D eigenvalue weighted by Gasteiger charge is 2.28. The maximum Gasteiger partial charge on any atom is 0.330 e. The molecule has 0 bridgehead atoms. The zero-order chi connectivity index (χ0) is 9.68. The predicted molar refractivity (Wildman–Crippen MR) is 52.3 cm³/mol. The summed E-state index contributed by atoms with van der Waals surface area (Å²) in [5.41, 5.74) is 0. The highest BCUT2D eigenvalue weighted by atomic mass is 16.5. The van der Waals surface area contributed by atoms with Gasteiger partial charge in [-0.2, -0.15) is 0 Å². The first-order valence-electron chi connectivity index (χ1n) is 5.11. The molecule has 0 radical (unpaired) electrons. The molecule has 0 N–H and O–H groups in total. The second-order valence-corrected chi connectivity index (χ2v) is 3.66. The molecular weight excluding hydrogens is 164 g/mol. The van der Waals surface area contributed by atoms with Crippen molar-refractivity contribution < 1.29 is 9.53 Å². The highest BCUT2D eigenvalue weighted by molar-refractivity contribution is 5.81. The number of hydrogen-bond acceptors (Lipinski definition) is 2. The summed E-state index contributed by atoms with van der Waals surface area (Å²) in [6.45, 7) is 5.57. The van der Waals surface area contributed by atoms with Gasteiger partial charge in [0.25, 0.3) is 0 Å². The minimum atomic E-state index is -0.270. The average molecular weight is 182 g/mol. The molecule has 74 valence electrons. The van der Waals surface area contributed by atoms with Gasteiger partial charge in [-0.15, -0.1) is 0 Å². The van der Waals surface area contributed by atoms with Crippen molar-refractivity contribution in [2.45, 2.75) is 45.1 Å². The van der Waals surface area contributed by atoms with E-state index in [0.29, 0.717) is 5.92 Å². The topological polar surface area (TPSA) is 26.3 Å². The van der Waals surface area contributed by atoms with E-state index in [1.807, 2.05) is 0 Å². The van der Waals surface area contributed by atoms with Gasteiger partial charge in [0.15, 0.2) is 0 Å². The second kappa shape index (κ2) is 5.05. The third kappa shape index (κ3) is 2.87. The number of carbonyl (C=O) groups is 1. The molecular formula is C11H18O2. The molecule has 0 amide bonds. The van der Waals surface area contributed by atoms with Gasteiger partial charge >= 0.3 is 5.97 Å². The minimum Gasteiger partial charge on any atom is -0.459 e. The van der Waals surface area contributed by atoms with Gasteiger partial charge in [-0.25, -0.2) is 4.79 Å². The lowest BCUT2D eigenvalue weighted by molar-refractivity contribution is -0.144. The van der Waals surface area contributed by atoms with Crippen molar-refractivity contribution in [3.63, 3.8) is 0 Å². The molecule has 1 aliphatic rings. The van der Waals surface area contributed by atoms with Crippen molar-refractivity contribution in [2.24, 2.45) is 5.92 Å². The normalized spacial score (nSPS) is 27.2. The molecule has 2 nitrogen and oxygen atoms in total. The van der Waals surface area contributed by atoms with Crippen molar-refractivity contribution in [2.75, 3.05) is 0 Å². The summed E-state index contributed by atoms with van der Waals surface area (Å²) in [5, 5.41) is 0. The van der Waals surface area contributed by atoms with Crippen LogP contribution in [0, 0.1) is 5.92 Å². The third-order valence-corrected chi connectivity index (χ3v) is 2.68. The molecule has 1 rings (SSSR count). The molecule has 0 saturated heterocycles. The molecule has 1 saturated carbocycles. The Hall–Kier alpha value is -0.790. The molecule has 0 heterocycles. The van der Waals surface area contributed by atoms with Crippen molar-refractivity contribution >= 4 is 5.97 Å². The standard InChI is InChI=1S/C11H18O2/c1-3-6-9-7-5-8-10(9)13-11(12)4-2/h4,9-10H,2-3,5-8H2,1H3. The first-order chi connectivity index (χ1) is 6.27. The summed E-state index contributed by atoms with van der Waals surface area (Å²) in [6.07, 6.45) is 7.20. The van der Waals surface area contributed by atoms with Gasteiger partial charge in [0, 0.05) is 6.08 Å². The lowest BCUT2D eigenvalue weighted by Gasteiger charge is -2.18. The Kier molecular flexibility index (Phi) is 4.00. The molecule has 13 heavy (non-hydrogen) atoms. The molecule has 2 heteroatoms. The van der Waals surface area contributed by atoms with Crippen LogP contribution in [0.1, 0.15) is 39.0 Å². The second-order valence-electron chi connectivity index (χ2n) is 3.66. The van der Waals surface area contributed by atoms with Crippen LogP contribution in [0.3, 0.4) is 0 Å². The number of carbonyl (C=O) groups excluding carboxylic acids is 1. The van der Waals surface area contributed by atoms with Crippen molar-refractivity contribution in [3.8, 4) is 0 Å². The lowest BCUT2D eigenvalue weighted by Crippen LogP contribution is -2.20. The Morgan fingerprint density at radius 1 is 1.62 bits per heavy atom. The summed E-state index contributed by atoms with van der Waals surface area (Å²) in [4.78, 5) is 11.0. The SMILES string of the molecule is C=CC(=O)OC1CCCC1CCC. The van der Waals surface area contributed by atoms with Gasteiger partial charge < -0.3 is 4.74 Å². The fraction of sp³-hybridized carbons (Fsp3) is 0.727. The maximum atomic E-state index is 11.0. The molecule has 1 fully saturated rings. The van der Waals surface area contributed by atoms with Crippen LogP contribution >= 0.6 is 0 Å². The number of ether oxygens (including phenoxy) is 1. The van der Waals surface area contributed by atoms with Gasteiger partial charge in [-0.1, -0.05) is 19.9 Å². The van der Waals surface area contributed by atoms with Crippen LogP contribution in [0.2, 0.25) is 0 Å². The van der Waals surface area contributed by atoms with E-state index in [1.165, 1.54) is 31.8 Å². The molecule has 0 aromatic carbocycles. The van der Waals surface area contributed by atoms with Gasteiger partial charge in [0.05, 0.1) is 0 Å². The Morgan fingerprint density at radius 3 is 3.00 bits per heavy atom. The average Bonchev–Trinajstić information content (AvgIpc) is 2.54. The van der Waals surface area contributed by atoms with E-state index < -0.39 is 0 Å². The fourth-order valence-corrected chi connectivity index (χ4v) is 2.06. The van der Waals surface area contributed by atoms with Gasteiger partial charge in [0.1, 0.15) is 6.10 Å². The van der Waals surface area contributed by atoms with Gasteiger partial charge in [-0.3, -0.25) is 0 Å². The van der Waals surface area contributed by atoms with Crippen LogP contribution in [0.4, 0.5) is 0 Å². The van der Waals surface area contributed by atoms with Gasteiger partial charge in [-0.05, 0) is 31.6 Å². The first-order valence-corrected chi connectivity index (χ1v) is 5.11. The molecule has 0 spiro atoms. The zero-order valence-corrected chi connectivity index (χ0v) is 8.29.